The van der Waals surface area contributed by atoms with Crippen LogP contribution < -0.4 is 4.74 Å². The third kappa shape index (κ3) is 5.28. The number of carbonyl (C=O) groups is 1. The molecule has 2 N–H and O–H groups in total. The molecule has 226 valence electrons. The van der Waals surface area contributed by atoms with Gasteiger partial charge in [-0.25, -0.2) is 14.2 Å². The normalized spacial score (nSPS) is 20.8. The first-order chi connectivity index (χ1) is 20.7. The summed E-state index contributed by atoms with van der Waals surface area (Å²) in [5.74, 6) is -0.415. The second-order valence-corrected chi connectivity index (χ2v) is 12.9. The number of halogens is 3. The first-order valence-electron chi connectivity index (χ1n) is 14.6. The number of hydrogen-bond donors (Lipinski definition) is 2. The van der Waals surface area contributed by atoms with E-state index in [1.165, 1.54) is 11.0 Å². The van der Waals surface area contributed by atoms with Crippen LogP contribution in [-0.4, -0.2) is 78.9 Å². The predicted molar refractivity (Wildman–Crippen MR) is 161 cm³/mol. The number of hydrogen-bond acceptors (Lipinski definition) is 6. The van der Waals surface area contributed by atoms with E-state index in [-0.39, 0.29) is 24.8 Å². The molecule has 3 aliphatic rings. The standard InChI is InChI=1S/C31H32Cl2FN5O4/c32-24-12-22(18-1-3-21(4-2-18)43-10-9-37-7-5-31(6-8-37)13-20(40)14-31)26(33)27-23(24)16-39(36-27)29(30(41)42)28-25-11-19(34)15-38(25)17-35-28/h1-4,12,16-17,19-20,29,40H,5-11,13-15H2,(H,41,42). The molecular weight excluding hydrogens is 596 g/mol. The third-order valence-electron chi connectivity index (χ3n) is 9.35. The van der Waals surface area contributed by atoms with Crippen molar-refractivity contribution in [1.82, 2.24) is 24.2 Å². The number of imidazole rings is 1. The molecule has 1 saturated carbocycles. The van der Waals surface area contributed by atoms with E-state index >= 15 is 0 Å². The SMILES string of the molecule is O=C(O)C(c1ncn2c1CC(F)C2)n1cc2c(Cl)cc(-c3ccc(OCCN4CCC5(CC4)CC(O)C5)cc3)c(Cl)c2n1. The first kappa shape index (κ1) is 28.6. The van der Waals surface area contributed by atoms with Gasteiger partial charge < -0.3 is 19.5 Å². The van der Waals surface area contributed by atoms with Crippen molar-refractivity contribution in [3.05, 3.63) is 64.3 Å². The Balaban J connectivity index is 1.06. The minimum Gasteiger partial charge on any atom is -0.492 e. The van der Waals surface area contributed by atoms with Crippen LogP contribution in [0.2, 0.25) is 10.0 Å². The van der Waals surface area contributed by atoms with E-state index in [9.17, 15) is 19.4 Å². The highest BCUT2D eigenvalue weighted by Gasteiger charge is 2.44. The molecule has 2 aromatic carbocycles. The molecule has 1 aliphatic carbocycles. The van der Waals surface area contributed by atoms with Gasteiger partial charge in [0.25, 0.3) is 0 Å². The Bertz CT molecular complexity index is 1670. The van der Waals surface area contributed by atoms with Crippen LogP contribution in [0.5, 0.6) is 5.75 Å². The van der Waals surface area contributed by atoms with E-state index < -0.39 is 18.2 Å². The topological polar surface area (TPSA) is 106 Å². The Morgan fingerprint density at radius 3 is 2.63 bits per heavy atom. The summed E-state index contributed by atoms with van der Waals surface area (Å²) in [5, 5.41) is 25.6. The second-order valence-electron chi connectivity index (χ2n) is 12.1. The van der Waals surface area contributed by atoms with Crippen LogP contribution in [0.1, 0.15) is 43.1 Å². The molecule has 2 unspecified atom stereocenters. The zero-order valence-corrected chi connectivity index (χ0v) is 24.9. The minimum absolute atomic E-state index is 0.103. The number of benzene rings is 2. The van der Waals surface area contributed by atoms with Gasteiger partial charge in [-0.1, -0.05) is 35.3 Å². The molecule has 4 aromatic rings. The number of aliphatic carboxylic acids is 1. The fourth-order valence-corrected chi connectivity index (χ4v) is 7.51. The highest BCUT2D eigenvalue weighted by Crippen LogP contribution is 2.49. The van der Waals surface area contributed by atoms with Crippen LogP contribution in [0.4, 0.5) is 4.39 Å². The lowest BCUT2D eigenvalue weighted by atomic mass is 9.61. The average molecular weight is 629 g/mol. The summed E-state index contributed by atoms with van der Waals surface area (Å²) < 4.78 is 23.0. The van der Waals surface area contributed by atoms with Crippen LogP contribution in [0.15, 0.2) is 42.9 Å². The first-order valence-corrected chi connectivity index (χ1v) is 15.4. The fraction of sp³-hybridized carbons (Fsp3) is 0.452. The number of alkyl halides is 1. The van der Waals surface area contributed by atoms with Crippen LogP contribution >= 0.6 is 23.2 Å². The summed E-state index contributed by atoms with van der Waals surface area (Å²) in [4.78, 5) is 19.1. The van der Waals surface area contributed by atoms with E-state index in [1.54, 1.807) is 16.8 Å². The predicted octanol–water partition coefficient (Wildman–Crippen LogP) is 5.39. The Kier molecular flexibility index (Phi) is 7.36. The van der Waals surface area contributed by atoms with Gasteiger partial charge in [0.15, 0.2) is 6.04 Å². The third-order valence-corrected chi connectivity index (χ3v) is 10.0. The molecule has 2 aliphatic heterocycles. The van der Waals surface area contributed by atoms with Crippen LogP contribution in [0.25, 0.3) is 22.0 Å². The van der Waals surface area contributed by atoms with Crippen molar-refractivity contribution in [3.8, 4) is 16.9 Å². The number of carboxylic acid groups (broad SMARTS) is 1. The van der Waals surface area contributed by atoms with Crippen molar-refractivity contribution in [1.29, 1.82) is 0 Å². The van der Waals surface area contributed by atoms with Crippen molar-refractivity contribution in [2.24, 2.45) is 5.41 Å². The van der Waals surface area contributed by atoms with Gasteiger partial charge in [0.05, 0.1) is 34.7 Å². The zero-order valence-electron chi connectivity index (χ0n) is 23.4. The summed E-state index contributed by atoms with van der Waals surface area (Å²) in [7, 11) is 0. The lowest BCUT2D eigenvalue weighted by molar-refractivity contribution is -0.139. The lowest BCUT2D eigenvalue weighted by Gasteiger charge is -2.50. The molecule has 7 rings (SSSR count). The Hall–Kier alpha value is -3.18. The van der Waals surface area contributed by atoms with Gasteiger partial charge in [-0.3, -0.25) is 9.58 Å². The Morgan fingerprint density at radius 1 is 1.19 bits per heavy atom. The molecule has 2 aromatic heterocycles. The Morgan fingerprint density at radius 2 is 1.93 bits per heavy atom. The smallest absolute Gasteiger partial charge is 0.334 e. The molecule has 0 bridgehead atoms. The molecule has 4 heterocycles. The van der Waals surface area contributed by atoms with Crippen LogP contribution in [-0.2, 0) is 17.8 Å². The van der Waals surface area contributed by atoms with Gasteiger partial charge in [-0.15, -0.1) is 0 Å². The number of aliphatic hydroxyl groups is 1. The fourth-order valence-electron chi connectivity index (χ4n) is 6.96. The number of aliphatic hydroxyl groups excluding tert-OH is 1. The molecule has 1 saturated heterocycles. The second kappa shape index (κ2) is 11.1. The molecule has 12 heteroatoms. The highest BCUT2D eigenvalue weighted by molar-refractivity contribution is 6.42. The number of nitrogens with zero attached hydrogens (tertiary/aromatic N) is 5. The number of aromatic nitrogens is 4. The van der Waals surface area contributed by atoms with Gasteiger partial charge >= 0.3 is 5.97 Å². The molecule has 0 radical (unpaired) electrons. The largest absolute Gasteiger partial charge is 0.492 e. The summed E-state index contributed by atoms with van der Waals surface area (Å²) in [5.41, 5.74) is 3.03. The van der Waals surface area contributed by atoms with Gasteiger partial charge in [-0.05, 0) is 68.0 Å². The van der Waals surface area contributed by atoms with Crippen molar-refractivity contribution in [2.45, 2.75) is 57.0 Å². The molecule has 43 heavy (non-hydrogen) atoms. The molecule has 9 nitrogen and oxygen atoms in total. The number of fused-ring (bicyclic) bond motifs is 2. The number of carboxylic acids is 1. The number of rotatable bonds is 8. The van der Waals surface area contributed by atoms with E-state index in [0.717, 1.165) is 56.6 Å². The maximum atomic E-state index is 14.0. The van der Waals surface area contributed by atoms with Crippen molar-refractivity contribution >= 4 is 40.1 Å². The van der Waals surface area contributed by atoms with E-state index in [1.807, 2.05) is 24.3 Å². The Labute approximate surface area is 257 Å². The zero-order chi connectivity index (χ0) is 29.9. The van der Waals surface area contributed by atoms with E-state index in [4.69, 9.17) is 27.9 Å². The number of piperidine rings is 1. The van der Waals surface area contributed by atoms with E-state index in [0.29, 0.717) is 44.2 Å². The molecule has 2 atom stereocenters. The maximum Gasteiger partial charge on any atom is 0.334 e. The molecule has 0 amide bonds. The quantitative estimate of drug-likeness (QED) is 0.270. The van der Waals surface area contributed by atoms with E-state index in [2.05, 4.69) is 15.0 Å². The van der Waals surface area contributed by atoms with Crippen LogP contribution in [0, 0.1) is 5.41 Å². The van der Waals surface area contributed by atoms with Crippen molar-refractivity contribution in [2.75, 3.05) is 26.2 Å². The van der Waals surface area contributed by atoms with Gasteiger partial charge in [0, 0.05) is 35.8 Å². The summed E-state index contributed by atoms with van der Waals surface area (Å²) in [6.07, 6.45) is 6.14. The summed E-state index contributed by atoms with van der Waals surface area (Å²) >= 11 is 13.5. The van der Waals surface area contributed by atoms with Gasteiger partial charge in [0.1, 0.15) is 24.0 Å². The summed E-state index contributed by atoms with van der Waals surface area (Å²) in [6, 6.07) is 8.09. The highest BCUT2D eigenvalue weighted by atomic mass is 35.5. The molecule has 2 fully saturated rings. The summed E-state index contributed by atoms with van der Waals surface area (Å²) in [6.45, 7) is 3.69. The number of ether oxygens (including phenoxy) is 1. The molecular formula is C31H32Cl2FN5O4. The monoisotopic (exact) mass is 627 g/mol. The van der Waals surface area contributed by atoms with Gasteiger partial charge in [0.2, 0.25) is 0 Å². The average Bonchev–Trinajstić information content (AvgIpc) is 3.67. The maximum absolute atomic E-state index is 14.0. The van der Waals surface area contributed by atoms with Gasteiger partial charge in [-0.2, -0.15) is 5.10 Å². The lowest BCUT2D eigenvalue weighted by Crippen LogP contribution is -2.49. The van der Waals surface area contributed by atoms with Crippen molar-refractivity contribution < 1.29 is 24.1 Å². The minimum atomic E-state index is -1.25. The number of likely N-dealkylation sites (tertiary alicyclic amines) is 1. The molecule has 1 spiro atoms. The van der Waals surface area contributed by atoms with Crippen molar-refractivity contribution in [3.63, 3.8) is 0 Å². The van der Waals surface area contributed by atoms with Crippen LogP contribution in [0.3, 0.4) is 0 Å².